The Bertz CT molecular complexity index is 576. The molecule has 0 radical (unpaired) electrons. The van der Waals surface area contributed by atoms with E-state index in [-0.39, 0.29) is 0 Å². The molecular formula is C13H15Br2N3S. The van der Waals surface area contributed by atoms with Crippen LogP contribution in [-0.4, -0.2) is 16.5 Å². The Hall–Kier alpha value is -0.460. The monoisotopic (exact) mass is 403 g/mol. The van der Waals surface area contributed by atoms with Gasteiger partial charge in [-0.15, -0.1) is 11.3 Å². The minimum absolute atomic E-state index is 0.787. The Balaban J connectivity index is 2.54. The zero-order chi connectivity index (χ0) is 14.0. The second-order valence-electron chi connectivity index (χ2n) is 4.08. The molecule has 0 atom stereocenters. The van der Waals surface area contributed by atoms with Crippen LogP contribution in [0.2, 0.25) is 0 Å². The summed E-state index contributed by atoms with van der Waals surface area (Å²) >= 11 is 8.65. The number of thiophene rings is 1. The summed E-state index contributed by atoms with van der Waals surface area (Å²) in [7, 11) is 0. The van der Waals surface area contributed by atoms with Crippen LogP contribution in [0, 0.1) is 6.92 Å². The van der Waals surface area contributed by atoms with E-state index in [9.17, 15) is 0 Å². The Morgan fingerprint density at radius 3 is 2.53 bits per heavy atom. The highest BCUT2D eigenvalue weighted by Gasteiger charge is 2.13. The fourth-order valence-corrected chi connectivity index (χ4v) is 3.78. The molecule has 3 nitrogen and oxygen atoms in total. The summed E-state index contributed by atoms with van der Waals surface area (Å²) in [5, 5.41) is 3.31. The van der Waals surface area contributed by atoms with E-state index in [2.05, 4.69) is 74.0 Å². The smallest absolute Gasteiger partial charge is 0.171 e. The zero-order valence-electron chi connectivity index (χ0n) is 11.1. The topological polar surface area (TPSA) is 37.8 Å². The summed E-state index contributed by atoms with van der Waals surface area (Å²) in [6.45, 7) is 7.12. The van der Waals surface area contributed by atoms with Crippen molar-refractivity contribution in [2.24, 2.45) is 0 Å². The van der Waals surface area contributed by atoms with Crippen molar-refractivity contribution in [2.45, 2.75) is 27.2 Å². The molecule has 0 aliphatic heterocycles. The van der Waals surface area contributed by atoms with Crippen molar-refractivity contribution in [3.8, 4) is 10.7 Å². The fourth-order valence-electron chi connectivity index (χ4n) is 1.81. The lowest BCUT2D eigenvalue weighted by Crippen LogP contribution is -2.07. The van der Waals surface area contributed by atoms with Crippen LogP contribution < -0.4 is 5.32 Å². The van der Waals surface area contributed by atoms with Gasteiger partial charge in [0.25, 0.3) is 0 Å². The first-order chi connectivity index (χ1) is 9.06. The van der Waals surface area contributed by atoms with Gasteiger partial charge in [0.05, 0.1) is 8.66 Å². The van der Waals surface area contributed by atoms with Gasteiger partial charge in [-0.2, -0.15) is 0 Å². The molecule has 1 N–H and O–H groups in total. The molecule has 0 amide bonds. The molecule has 2 rings (SSSR count). The number of hydrogen-bond donors (Lipinski definition) is 1. The van der Waals surface area contributed by atoms with Gasteiger partial charge >= 0.3 is 0 Å². The van der Waals surface area contributed by atoms with E-state index < -0.39 is 0 Å². The van der Waals surface area contributed by atoms with E-state index in [4.69, 9.17) is 0 Å². The van der Waals surface area contributed by atoms with Crippen LogP contribution in [0.4, 0.5) is 5.82 Å². The van der Waals surface area contributed by atoms with Gasteiger partial charge in [0, 0.05) is 22.3 Å². The number of nitrogens with one attached hydrogen (secondary N) is 1. The molecule has 2 aromatic heterocycles. The summed E-state index contributed by atoms with van der Waals surface area (Å²) in [6, 6.07) is 2.05. The fraction of sp³-hybridized carbons (Fsp3) is 0.385. The Morgan fingerprint density at radius 2 is 2.00 bits per heavy atom. The predicted molar refractivity (Wildman–Crippen MR) is 89.0 cm³/mol. The molecule has 0 aromatic carbocycles. The summed E-state index contributed by atoms with van der Waals surface area (Å²) in [6.07, 6.45) is 0.910. The number of hydrogen-bond acceptors (Lipinski definition) is 4. The molecule has 0 aliphatic rings. The maximum atomic E-state index is 4.68. The molecule has 0 bridgehead atoms. The molecular weight excluding hydrogens is 390 g/mol. The van der Waals surface area contributed by atoms with E-state index in [1.54, 1.807) is 11.3 Å². The number of aromatic nitrogens is 2. The van der Waals surface area contributed by atoms with E-state index in [0.717, 1.165) is 49.0 Å². The van der Waals surface area contributed by atoms with Gasteiger partial charge in [-0.3, -0.25) is 0 Å². The average molecular weight is 405 g/mol. The van der Waals surface area contributed by atoms with Gasteiger partial charge in [0.15, 0.2) is 5.82 Å². The van der Waals surface area contributed by atoms with Crippen LogP contribution in [-0.2, 0) is 6.42 Å². The third kappa shape index (κ3) is 3.17. The average Bonchev–Trinajstić information content (AvgIpc) is 2.72. The summed E-state index contributed by atoms with van der Waals surface area (Å²) in [5.41, 5.74) is 2.24. The molecule has 0 unspecified atom stereocenters. The molecule has 0 spiro atoms. The Kier molecular flexibility index (Phi) is 4.97. The molecule has 0 fully saturated rings. The SMILES string of the molecule is CCNc1nc(-c2cc(Br)c(Br)s2)nc(CC)c1C. The van der Waals surface area contributed by atoms with E-state index in [1.165, 1.54) is 0 Å². The number of aryl methyl sites for hydroxylation is 1. The second-order valence-corrected chi connectivity index (χ2v) is 7.31. The van der Waals surface area contributed by atoms with Gasteiger partial charge < -0.3 is 5.32 Å². The molecule has 6 heteroatoms. The van der Waals surface area contributed by atoms with Crippen molar-refractivity contribution in [3.63, 3.8) is 0 Å². The summed E-state index contributed by atoms with van der Waals surface area (Å²) in [5.74, 6) is 1.72. The molecule has 2 aromatic rings. The van der Waals surface area contributed by atoms with Crippen LogP contribution in [0.3, 0.4) is 0 Å². The van der Waals surface area contributed by atoms with Crippen molar-refractivity contribution in [1.29, 1.82) is 0 Å². The molecule has 2 heterocycles. The first kappa shape index (κ1) is 14.9. The first-order valence-corrected chi connectivity index (χ1v) is 8.53. The molecule has 0 saturated carbocycles. The predicted octanol–water partition coefficient (Wildman–Crippen LogP) is 5.03. The van der Waals surface area contributed by atoms with Crippen molar-refractivity contribution < 1.29 is 0 Å². The first-order valence-electron chi connectivity index (χ1n) is 6.13. The van der Waals surface area contributed by atoms with E-state index in [0.29, 0.717) is 0 Å². The lowest BCUT2D eigenvalue weighted by atomic mass is 10.2. The van der Waals surface area contributed by atoms with Crippen molar-refractivity contribution in [2.75, 3.05) is 11.9 Å². The lowest BCUT2D eigenvalue weighted by Gasteiger charge is -2.11. The van der Waals surface area contributed by atoms with Gasteiger partial charge in [0.2, 0.25) is 0 Å². The van der Waals surface area contributed by atoms with E-state index >= 15 is 0 Å². The van der Waals surface area contributed by atoms with Crippen molar-refractivity contribution >= 4 is 49.0 Å². The number of halogens is 2. The Labute approximate surface area is 134 Å². The summed E-state index contributed by atoms with van der Waals surface area (Å²) in [4.78, 5) is 10.4. The van der Waals surface area contributed by atoms with Gasteiger partial charge in [-0.25, -0.2) is 9.97 Å². The molecule has 0 aliphatic carbocycles. The third-order valence-electron chi connectivity index (χ3n) is 2.79. The number of anilines is 1. The number of rotatable bonds is 4. The number of nitrogens with zero attached hydrogens (tertiary/aromatic N) is 2. The third-order valence-corrected chi connectivity index (χ3v) is 6.04. The van der Waals surface area contributed by atoms with Crippen LogP contribution in [0.25, 0.3) is 10.7 Å². The highest BCUT2D eigenvalue weighted by molar-refractivity contribution is 9.13. The quantitative estimate of drug-likeness (QED) is 0.776. The standard InChI is InChI=1S/C13H15Br2N3S/c1-4-9-7(3)12(16-5-2)18-13(17-9)10-6-8(14)11(15)19-10/h6H,4-5H2,1-3H3,(H,16,17,18). The highest BCUT2D eigenvalue weighted by Crippen LogP contribution is 2.37. The van der Waals surface area contributed by atoms with Crippen LogP contribution in [0.15, 0.2) is 14.3 Å². The van der Waals surface area contributed by atoms with Gasteiger partial charge in [0.1, 0.15) is 5.82 Å². The van der Waals surface area contributed by atoms with E-state index in [1.807, 2.05) is 0 Å². The Morgan fingerprint density at radius 1 is 1.26 bits per heavy atom. The van der Waals surface area contributed by atoms with Crippen LogP contribution in [0.5, 0.6) is 0 Å². The zero-order valence-corrected chi connectivity index (χ0v) is 15.0. The minimum atomic E-state index is 0.787. The maximum absolute atomic E-state index is 4.68. The lowest BCUT2D eigenvalue weighted by molar-refractivity contribution is 0.972. The minimum Gasteiger partial charge on any atom is -0.370 e. The van der Waals surface area contributed by atoms with Crippen LogP contribution >= 0.6 is 43.2 Å². The van der Waals surface area contributed by atoms with Crippen molar-refractivity contribution in [1.82, 2.24) is 9.97 Å². The molecule has 102 valence electrons. The molecule has 19 heavy (non-hydrogen) atoms. The summed E-state index contributed by atoms with van der Waals surface area (Å²) < 4.78 is 2.11. The van der Waals surface area contributed by atoms with Crippen molar-refractivity contribution in [3.05, 3.63) is 25.6 Å². The largest absolute Gasteiger partial charge is 0.370 e. The highest BCUT2D eigenvalue weighted by atomic mass is 79.9. The van der Waals surface area contributed by atoms with Gasteiger partial charge in [-0.1, -0.05) is 6.92 Å². The normalized spacial score (nSPS) is 10.8. The maximum Gasteiger partial charge on any atom is 0.171 e. The van der Waals surface area contributed by atoms with Crippen LogP contribution in [0.1, 0.15) is 25.1 Å². The molecule has 0 saturated heterocycles. The second kappa shape index (κ2) is 6.33. The van der Waals surface area contributed by atoms with Gasteiger partial charge in [-0.05, 0) is 58.2 Å².